The zero-order valence-electron chi connectivity index (χ0n) is 15.1. The smallest absolute Gasteiger partial charge is 0.292 e. The van der Waals surface area contributed by atoms with Gasteiger partial charge in [-0.2, -0.15) is 0 Å². The number of hydrogen-bond donors (Lipinski definition) is 3. The summed E-state index contributed by atoms with van der Waals surface area (Å²) in [6.45, 7) is 1.66. The fraction of sp³-hybridized carbons (Fsp3) is 0.100. The van der Waals surface area contributed by atoms with Crippen molar-refractivity contribution in [1.29, 1.82) is 0 Å². The Bertz CT molecular complexity index is 1010. The minimum Gasteiger partial charge on any atom is -0.345 e. The lowest BCUT2D eigenvalue weighted by Crippen LogP contribution is -2.57. The molecule has 0 fully saturated rings. The first kappa shape index (κ1) is 17.5. The summed E-state index contributed by atoms with van der Waals surface area (Å²) >= 11 is 0. The van der Waals surface area contributed by atoms with Gasteiger partial charge in [-0.1, -0.05) is 18.2 Å². The predicted molar refractivity (Wildman–Crippen MR) is 107 cm³/mol. The Morgan fingerprint density at radius 1 is 1.11 bits per heavy atom. The summed E-state index contributed by atoms with van der Waals surface area (Å²) in [6, 6.07) is 15.7. The van der Waals surface area contributed by atoms with Crippen LogP contribution in [0.1, 0.15) is 6.92 Å². The van der Waals surface area contributed by atoms with Crippen molar-refractivity contribution in [3.8, 4) is 11.4 Å². The van der Waals surface area contributed by atoms with E-state index in [1.54, 1.807) is 43.6 Å². The Hall–Kier alpha value is -3.94. The van der Waals surface area contributed by atoms with Crippen LogP contribution in [0.4, 0.5) is 11.4 Å². The molecule has 4 rings (SSSR count). The first-order valence-corrected chi connectivity index (χ1v) is 8.76. The molecule has 1 aliphatic rings. The number of H-pyrrole nitrogens is 1. The van der Waals surface area contributed by atoms with Gasteiger partial charge in [0.05, 0.1) is 5.69 Å². The van der Waals surface area contributed by atoms with Gasteiger partial charge in [0.2, 0.25) is 5.84 Å². The third-order valence-electron chi connectivity index (χ3n) is 4.26. The summed E-state index contributed by atoms with van der Waals surface area (Å²) in [4.78, 5) is 36.5. The monoisotopic (exact) mass is 374 g/mol. The topological polar surface area (TPSA) is 102 Å². The molecule has 8 nitrogen and oxygen atoms in total. The van der Waals surface area contributed by atoms with Crippen molar-refractivity contribution >= 4 is 29.0 Å². The van der Waals surface area contributed by atoms with Crippen LogP contribution in [0.15, 0.2) is 72.0 Å². The molecule has 0 spiro atoms. The molecule has 8 heteroatoms. The largest absolute Gasteiger partial charge is 0.345 e. The van der Waals surface area contributed by atoms with Gasteiger partial charge in [-0.3, -0.25) is 15.0 Å². The third kappa shape index (κ3) is 3.48. The molecule has 2 aromatic carbocycles. The Morgan fingerprint density at radius 2 is 1.86 bits per heavy atom. The SMILES string of the molecule is CC1N=C(C(=O)Nc2ccc(-c3ncc[nH]3)cc2)NN(c2ccccc2)C1=O. The molecule has 0 aliphatic carbocycles. The highest BCUT2D eigenvalue weighted by atomic mass is 16.2. The molecule has 1 aromatic heterocycles. The lowest BCUT2D eigenvalue weighted by Gasteiger charge is -2.30. The number of amidine groups is 1. The van der Waals surface area contributed by atoms with Crippen LogP contribution in [-0.4, -0.2) is 33.7 Å². The van der Waals surface area contributed by atoms with Crippen LogP contribution in [0.25, 0.3) is 11.4 Å². The molecule has 0 saturated carbocycles. The van der Waals surface area contributed by atoms with Crippen LogP contribution in [0.5, 0.6) is 0 Å². The number of nitrogens with zero attached hydrogens (tertiary/aromatic N) is 3. The highest BCUT2D eigenvalue weighted by molar-refractivity contribution is 6.43. The van der Waals surface area contributed by atoms with Crippen molar-refractivity contribution in [1.82, 2.24) is 15.4 Å². The molecule has 1 atom stereocenters. The number of rotatable bonds is 4. The maximum Gasteiger partial charge on any atom is 0.292 e. The summed E-state index contributed by atoms with van der Waals surface area (Å²) in [5.41, 5.74) is 4.97. The lowest BCUT2D eigenvalue weighted by atomic mass is 10.2. The van der Waals surface area contributed by atoms with E-state index >= 15 is 0 Å². The lowest BCUT2D eigenvalue weighted by molar-refractivity contribution is -0.120. The molecule has 3 N–H and O–H groups in total. The molecule has 0 bridgehead atoms. The van der Waals surface area contributed by atoms with Crippen molar-refractivity contribution in [2.75, 3.05) is 10.3 Å². The van der Waals surface area contributed by atoms with E-state index in [9.17, 15) is 9.59 Å². The number of amides is 2. The summed E-state index contributed by atoms with van der Waals surface area (Å²) in [5.74, 6) is 0.171. The fourth-order valence-electron chi connectivity index (χ4n) is 2.83. The number of aliphatic imine (C=N–C) groups is 1. The number of aromatic amines is 1. The summed E-state index contributed by atoms with van der Waals surface area (Å²) < 4.78 is 0. The van der Waals surface area contributed by atoms with Crippen LogP contribution >= 0.6 is 0 Å². The minimum atomic E-state index is -0.663. The quantitative estimate of drug-likeness (QED) is 0.652. The number of hydrogen-bond acceptors (Lipinski definition) is 5. The Kier molecular flexibility index (Phi) is 4.59. The Labute approximate surface area is 161 Å². The molecular formula is C20H18N6O2. The van der Waals surface area contributed by atoms with E-state index < -0.39 is 11.9 Å². The number of para-hydroxylation sites is 1. The molecule has 1 unspecified atom stereocenters. The summed E-state index contributed by atoms with van der Waals surface area (Å²) in [6.07, 6.45) is 3.43. The van der Waals surface area contributed by atoms with Gasteiger partial charge in [-0.15, -0.1) is 0 Å². The van der Waals surface area contributed by atoms with Gasteiger partial charge >= 0.3 is 0 Å². The van der Waals surface area contributed by atoms with Gasteiger partial charge in [0, 0.05) is 23.6 Å². The number of aromatic nitrogens is 2. The number of anilines is 2. The van der Waals surface area contributed by atoms with E-state index in [0.717, 1.165) is 11.4 Å². The van der Waals surface area contributed by atoms with Crippen LogP contribution in [0, 0.1) is 0 Å². The number of benzene rings is 2. The van der Waals surface area contributed by atoms with E-state index in [-0.39, 0.29) is 11.7 Å². The number of hydrazine groups is 1. The van der Waals surface area contributed by atoms with Crippen LogP contribution in [0.2, 0.25) is 0 Å². The molecule has 28 heavy (non-hydrogen) atoms. The highest BCUT2D eigenvalue weighted by Crippen LogP contribution is 2.19. The average molecular weight is 374 g/mol. The maximum atomic E-state index is 12.6. The second-order valence-electron chi connectivity index (χ2n) is 6.24. The molecule has 3 aromatic rings. The van der Waals surface area contributed by atoms with E-state index in [0.29, 0.717) is 11.4 Å². The molecular weight excluding hydrogens is 356 g/mol. The van der Waals surface area contributed by atoms with Crippen LogP contribution in [0.3, 0.4) is 0 Å². The minimum absolute atomic E-state index is 0.0751. The van der Waals surface area contributed by atoms with Gasteiger partial charge in [-0.25, -0.2) is 15.0 Å². The molecule has 2 amide bonds. The predicted octanol–water partition coefficient (Wildman–Crippen LogP) is 2.35. The Balaban J connectivity index is 1.49. The van der Waals surface area contributed by atoms with Gasteiger partial charge in [-0.05, 0) is 43.3 Å². The van der Waals surface area contributed by atoms with Crippen molar-refractivity contribution < 1.29 is 9.59 Å². The molecule has 1 aliphatic heterocycles. The second-order valence-corrected chi connectivity index (χ2v) is 6.24. The van der Waals surface area contributed by atoms with Crippen LogP contribution in [-0.2, 0) is 9.59 Å². The molecule has 2 heterocycles. The van der Waals surface area contributed by atoms with Crippen molar-refractivity contribution in [3.63, 3.8) is 0 Å². The van der Waals surface area contributed by atoms with Gasteiger partial charge in [0.1, 0.15) is 11.9 Å². The average Bonchev–Trinajstić information content (AvgIpc) is 3.26. The summed E-state index contributed by atoms with van der Waals surface area (Å²) in [5, 5.41) is 4.13. The number of carbonyl (C=O) groups is 2. The first-order chi connectivity index (χ1) is 13.6. The highest BCUT2D eigenvalue weighted by Gasteiger charge is 2.30. The zero-order valence-corrected chi connectivity index (χ0v) is 15.1. The van der Waals surface area contributed by atoms with E-state index in [1.165, 1.54) is 5.01 Å². The van der Waals surface area contributed by atoms with Gasteiger partial charge < -0.3 is 10.3 Å². The zero-order chi connectivity index (χ0) is 19.5. The second kappa shape index (κ2) is 7.36. The van der Waals surface area contributed by atoms with E-state index in [2.05, 4.69) is 25.7 Å². The standard InChI is InChI=1S/C20H18N6O2/c1-13-20(28)26(16-5-3-2-4-6-16)25-18(23-13)19(27)24-15-9-7-14(8-10-15)17-21-11-12-22-17/h2-13H,1H3,(H,21,22)(H,23,25)(H,24,27). The number of carbonyl (C=O) groups excluding carboxylic acids is 2. The molecule has 0 saturated heterocycles. The normalized spacial score (nSPS) is 16.3. The molecule has 0 radical (unpaired) electrons. The summed E-state index contributed by atoms with van der Waals surface area (Å²) in [7, 11) is 0. The third-order valence-corrected chi connectivity index (χ3v) is 4.26. The fourth-order valence-corrected chi connectivity index (χ4v) is 2.83. The van der Waals surface area contributed by atoms with Crippen LogP contribution < -0.4 is 15.8 Å². The number of imidazole rings is 1. The van der Waals surface area contributed by atoms with Crippen molar-refractivity contribution in [2.45, 2.75) is 13.0 Å². The van der Waals surface area contributed by atoms with E-state index in [4.69, 9.17) is 0 Å². The molecule has 140 valence electrons. The van der Waals surface area contributed by atoms with Gasteiger partial charge in [0.15, 0.2) is 0 Å². The van der Waals surface area contributed by atoms with Gasteiger partial charge in [0.25, 0.3) is 11.8 Å². The maximum absolute atomic E-state index is 12.6. The number of nitrogens with one attached hydrogen (secondary N) is 3. The van der Waals surface area contributed by atoms with Crippen molar-refractivity contribution in [3.05, 3.63) is 67.0 Å². The Morgan fingerprint density at radius 3 is 2.54 bits per heavy atom. The first-order valence-electron chi connectivity index (χ1n) is 8.76. The van der Waals surface area contributed by atoms with E-state index in [1.807, 2.05) is 30.3 Å². The van der Waals surface area contributed by atoms with Crippen molar-refractivity contribution in [2.24, 2.45) is 4.99 Å².